The third kappa shape index (κ3) is 5.64. The van der Waals surface area contributed by atoms with Gasteiger partial charge in [0, 0.05) is 6.54 Å². The van der Waals surface area contributed by atoms with E-state index >= 15 is 0 Å². The third-order valence-electron chi connectivity index (χ3n) is 2.46. The number of hydrogen-bond donors (Lipinski definition) is 2. The number of hydrogen-bond acceptors (Lipinski definition) is 4. The van der Waals surface area contributed by atoms with Gasteiger partial charge in [-0.05, 0) is 12.8 Å². The first-order chi connectivity index (χ1) is 7.14. The van der Waals surface area contributed by atoms with E-state index in [1.807, 2.05) is 0 Å². The maximum Gasteiger partial charge on any atom is 0.472 e. The standard InChI is InChI=1S/C9H20NO4P/c10-7-8-13-15(11,12)14-9-5-3-1-2-4-6-9/h9H,1-8,10H2,(H,11,12). The van der Waals surface area contributed by atoms with Crippen molar-refractivity contribution in [2.75, 3.05) is 13.2 Å². The molecule has 0 aromatic heterocycles. The van der Waals surface area contributed by atoms with E-state index < -0.39 is 7.82 Å². The van der Waals surface area contributed by atoms with E-state index in [2.05, 4.69) is 4.52 Å². The van der Waals surface area contributed by atoms with E-state index in [1.165, 1.54) is 12.8 Å². The molecule has 0 aromatic rings. The molecule has 1 atom stereocenters. The quantitative estimate of drug-likeness (QED) is 0.562. The van der Waals surface area contributed by atoms with Crippen LogP contribution in [0.15, 0.2) is 0 Å². The Morgan fingerprint density at radius 2 is 1.87 bits per heavy atom. The molecule has 0 aliphatic heterocycles. The molecule has 1 aliphatic rings. The highest BCUT2D eigenvalue weighted by atomic mass is 31.2. The van der Waals surface area contributed by atoms with Crippen molar-refractivity contribution in [3.05, 3.63) is 0 Å². The van der Waals surface area contributed by atoms with Crippen LogP contribution in [0, 0.1) is 0 Å². The van der Waals surface area contributed by atoms with Gasteiger partial charge >= 0.3 is 7.82 Å². The van der Waals surface area contributed by atoms with Gasteiger partial charge in [0.2, 0.25) is 0 Å². The fourth-order valence-corrected chi connectivity index (χ4v) is 2.72. The highest BCUT2D eigenvalue weighted by Crippen LogP contribution is 2.46. The zero-order valence-corrected chi connectivity index (χ0v) is 9.83. The van der Waals surface area contributed by atoms with Crippen LogP contribution in [0.2, 0.25) is 0 Å². The van der Waals surface area contributed by atoms with Crippen LogP contribution in [0.3, 0.4) is 0 Å². The van der Waals surface area contributed by atoms with Crippen molar-refractivity contribution >= 4 is 7.82 Å². The average Bonchev–Trinajstić information content (AvgIpc) is 2.43. The molecule has 90 valence electrons. The van der Waals surface area contributed by atoms with Crippen LogP contribution in [0.1, 0.15) is 38.5 Å². The molecule has 15 heavy (non-hydrogen) atoms. The molecule has 1 fully saturated rings. The molecule has 0 saturated heterocycles. The molecule has 5 nitrogen and oxygen atoms in total. The highest BCUT2D eigenvalue weighted by Gasteiger charge is 2.26. The van der Waals surface area contributed by atoms with E-state index in [0.717, 1.165) is 25.7 Å². The summed E-state index contributed by atoms with van der Waals surface area (Å²) in [6.07, 6.45) is 6.02. The normalized spacial score (nSPS) is 23.3. The maximum atomic E-state index is 11.4. The van der Waals surface area contributed by atoms with Gasteiger partial charge in [-0.2, -0.15) is 0 Å². The van der Waals surface area contributed by atoms with E-state index in [4.69, 9.17) is 10.3 Å². The van der Waals surface area contributed by atoms with Crippen molar-refractivity contribution < 1.29 is 18.5 Å². The van der Waals surface area contributed by atoms with Gasteiger partial charge < -0.3 is 10.6 Å². The average molecular weight is 237 g/mol. The Bertz CT molecular complexity index is 216. The van der Waals surface area contributed by atoms with Crippen LogP contribution in [-0.4, -0.2) is 24.1 Å². The minimum absolute atomic E-state index is 0.0560. The largest absolute Gasteiger partial charge is 0.472 e. The summed E-state index contributed by atoms with van der Waals surface area (Å²) in [6.45, 7) is 0.277. The summed E-state index contributed by atoms with van der Waals surface area (Å²) in [7, 11) is -3.88. The van der Waals surface area contributed by atoms with E-state index in [9.17, 15) is 9.46 Å². The summed E-state index contributed by atoms with van der Waals surface area (Å²) in [5.41, 5.74) is 5.18. The Kier molecular flexibility index (Phi) is 5.79. The minimum atomic E-state index is -3.88. The Morgan fingerprint density at radius 3 is 2.40 bits per heavy atom. The van der Waals surface area contributed by atoms with Gasteiger partial charge in [-0.3, -0.25) is 9.05 Å². The van der Waals surface area contributed by atoms with Gasteiger partial charge in [-0.1, -0.05) is 25.7 Å². The van der Waals surface area contributed by atoms with Crippen LogP contribution in [-0.2, 0) is 13.6 Å². The lowest BCUT2D eigenvalue weighted by Gasteiger charge is -2.18. The SMILES string of the molecule is NCCOP(=O)(O)OC1CCCCCC1. The highest BCUT2D eigenvalue weighted by molar-refractivity contribution is 7.47. The van der Waals surface area contributed by atoms with E-state index in [1.54, 1.807) is 0 Å². The monoisotopic (exact) mass is 237 g/mol. The van der Waals surface area contributed by atoms with Crippen molar-refractivity contribution in [3.8, 4) is 0 Å². The second-order valence-electron chi connectivity index (χ2n) is 3.81. The molecule has 6 heteroatoms. The van der Waals surface area contributed by atoms with E-state index in [0.29, 0.717) is 0 Å². The molecule has 0 heterocycles. The maximum absolute atomic E-state index is 11.4. The molecule has 1 saturated carbocycles. The Labute approximate surface area is 90.6 Å². The van der Waals surface area contributed by atoms with Crippen molar-refractivity contribution in [3.63, 3.8) is 0 Å². The van der Waals surface area contributed by atoms with E-state index in [-0.39, 0.29) is 19.3 Å². The summed E-state index contributed by atoms with van der Waals surface area (Å²) in [5, 5.41) is 0. The van der Waals surface area contributed by atoms with Gasteiger partial charge in [0.1, 0.15) is 0 Å². The number of phosphoric ester groups is 1. The molecule has 0 radical (unpaired) electrons. The zero-order valence-electron chi connectivity index (χ0n) is 8.93. The predicted octanol–water partition coefficient (Wildman–Crippen LogP) is 1.80. The topological polar surface area (TPSA) is 81.8 Å². The summed E-state index contributed by atoms with van der Waals surface area (Å²) in [5.74, 6) is 0. The van der Waals surface area contributed by atoms with Crippen LogP contribution in [0.5, 0.6) is 0 Å². The zero-order chi connectivity index (χ0) is 11.1. The smallest absolute Gasteiger partial charge is 0.328 e. The molecular formula is C9H20NO4P. The molecule has 0 spiro atoms. The first kappa shape index (κ1) is 13.1. The molecule has 3 N–H and O–H groups in total. The minimum Gasteiger partial charge on any atom is -0.328 e. The lowest BCUT2D eigenvalue weighted by molar-refractivity contribution is 0.0973. The summed E-state index contributed by atoms with van der Waals surface area (Å²) < 4.78 is 21.2. The van der Waals surface area contributed by atoms with Crippen molar-refractivity contribution in [1.29, 1.82) is 0 Å². The van der Waals surface area contributed by atoms with Crippen LogP contribution in [0.4, 0.5) is 0 Å². The van der Waals surface area contributed by atoms with Crippen LogP contribution < -0.4 is 5.73 Å². The fraction of sp³-hybridized carbons (Fsp3) is 1.00. The number of nitrogens with two attached hydrogens (primary N) is 1. The second kappa shape index (κ2) is 6.61. The number of rotatable bonds is 5. The molecule has 1 aliphatic carbocycles. The molecule has 1 rings (SSSR count). The summed E-state index contributed by atoms with van der Waals surface area (Å²) in [4.78, 5) is 9.35. The van der Waals surface area contributed by atoms with Gasteiger partial charge in [-0.15, -0.1) is 0 Å². The van der Waals surface area contributed by atoms with Crippen LogP contribution in [0.25, 0.3) is 0 Å². The Morgan fingerprint density at radius 1 is 1.27 bits per heavy atom. The molecular weight excluding hydrogens is 217 g/mol. The number of phosphoric acid groups is 1. The first-order valence-electron chi connectivity index (χ1n) is 5.50. The predicted molar refractivity (Wildman–Crippen MR) is 57.4 cm³/mol. The van der Waals surface area contributed by atoms with Gasteiger partial charge in [0.05, 0.1) is 12.7 Å². The summed E-state index contributed by atoms with van der Waals surface area (Å²) in [6, 6.07) is 0. The van der Waals surface area contributed by atoms with Gasteiger partial charge in [0.15, 0.2) is 0 Å². The van der Waals surface area contributed by atoms with Gasteiger partial charge in [0.25, 0.3) is 0 Å². The van der Waals surface area contributed by atoms with Gasteiger partial charge in [-0.25, -0.2) is 4.57 Å². The van der Waals surface area contributed by atoms with Crippen molar-refractivity contribution in [2.45, 2.75) is 44.6 Å². The fourth-order valence-electron chi connectivity index (χ4n) is 1.73. The Balaban J connectivity index is 2.33. The molecule has 0 bridgehead atoms. The lowest BCUT2D eigenvalue weighted by Crippen LogP contribution is -2.13. The first-order valence-corrected chi connectivity index (χ1v) is 6.99. The molecule has 1 unspecified atom stereocenters. The molecule has 0 aromatic carbocycles. The third-order valence-corrected chi connectivity index (χ3v) is 3.53. The molecule has 0 amide bonds. The Hall–Kier alpha value is 0.0700. The second-order valence-corrected chi connectivity index (χ2v) is 5.22. The lowest BCUT2D eigenvalue weighted by atomic mass is 10.2. The summed E-state index contributed by atoms with van der Waals surface area (Å²) >= 11 is 0. The van der Waals surface area contributed by atoms with Crippen molar-refractivity contribution in [2.24, 2.45) is 5.73 Å². The van der Waals surface area contributed by atoms with Crippen molar-refractivity contribution in [1.82, 2.24) is 0 Å². The van der Waals surface area contributed by atoms with Crippen LogP contribution >= 0.6 is 7.82 Å².